The van der Waals surface area contributed by atoms with Crippen LogP contribution in [0.3, 0.4) is 0 Å². The highest BCUT2D eigenvalue weighted by molar-refractivity contribution is 6.32. The number of halogens is 2. The molecule has 35 heavy (non-hydrogen) atoms. The molecular formula is C26H26ClFN6O. The zero-order chi connectivity index (χ0) is 24.5. The monoisotopic (exact) mass is 492 g/mol. The fourth-order valence-electron chi connectivity index (χ4n) is 4.84. The van der Waals surface area contributed by atoms with Crippen LogP contribution >= 0.6 is 11.6 Å². The van der Waals surface area contributed by atoms with Crippen LogP contribution in [-0.4, -0.2) is 52.8 Å². The van der Waals surface area contributed by atoms with Gasteiger partial charge in [-0.2, -0.15) is 10.4 Å². The number of benzene rings is 2. The zero-order valence-electron chi connectivity index (χ0n) is 19.3. The van der Waals surface area contributed by atoms with Crippen molar-refractivity contribution in [1.82, 2.24) is 14.7 Å². The SMILES string of the molecule is N#Cc1ccc(-c2cc(C(=O)N3CCC[C@@H](N)C3)nn2-c2ccc(N3CCCC3)cc2Cl)cc1F. The van der Waals surface area contributed by atoms with Gasteiger partial charge in [-0.1, -0.05) is 17.7 Å². The average molecular weight is 493 g/mol. The first-order chi connectivity index (χ1) is 16.9. The fourth-order valence-corrected chi connectivity index (χ4v) is 5.09. The Morgan fingerprint density at radius 1 is 1.11 bits per heavy atom. The molecule has 1 atom stereocenters. The van der Waals surface area contributed by atoms with Gasteiger partial charge in [0.05, 0.1) is 22.0 Å². The summed E-state index contributed by atoms with van der Waals surface area (Å²) in [7, 11) is 0. The van der Waals surface area contributed by atoms with Crippen molar-refractivity contribution in [3.05, 3.63) is 64.6 Å². The third-order valence-electron chi connectivity index (χ3n) is 6.69. The van der Waals surface area contributed by atoms with Crippen molar-refractivity contribution < 1.29 is 9.18 Å². The maximum atomic E-state index is 14.5. The Labute approximate surface area is 208 Å². The van der Waals surface area contributed by atoms with Crippen molar-refractivity contribution in [2.24, 2.45) is 5.73 Å². The van der Waals surface area contributed by atoms with E-state index in [0.29, 0.717) is 35.1 Å². The lowest BCUT2D eigenvalue weighted by atomic mass is 10.1. The summed E-state index contributed by atoms with van der Waals surface area (Å²) >= 11 is 6.72. The minimum atomic E-state index is -0.636. The molecule has 2 aliphatic rings. The van der Waals surface area contributed by atoms with Gasteiger partial charge < -0.3 is 15.5 Å². The van der Waals surface area contributed by atoms with E-state index in [1.165, 1.54) is 12.1 Å². The number of hydrogen-bond acceptors (Lipinski definition) is 5. The van der Waals surface area contributed by atoms with E-state index in [1.54, 1.807) is 21.7 Å². The number of anilines is 1. The molecule has 9 heteroatoms. The van der Waals surface area contributed by atoms with Crippen molar-refractivity contribution >= 4 is 23.2 Å². The van der Waals surface area contributed by atoms with Crippen LogP contribution in [-0.2, 0) is 0 Å². The maximum Gasteiger partial charge on any atom is 0.274 e. The van der Waals surface area contributed by atoms with Gasteiger partial charge in [0, 0.05) is 43.5 Å². The van der Waals surface area contributed by atoms with Gasteiger partial charge in [0.25, 0.3) is 5.91 Å². The van der Waals surface area contributed by atoms with Gasteiger partial charge >= 0.3 is 0 Å². The largest absolute Gasteiger partial charge is 0.371 e. The maximum absolute atomic E-state index is 14.5. The summed E-state index contributed by atoms with van der Waals surface area (Å²) in [6.07, 6.45) is 4.02. The molecule has 2 N–H and O–H groups in total. The molecule has 180 valence electrons. The summed E-state index contributed by atoms with van der Waals surface area (Å²) in [6, 6.07) is 13.5. The minimum absolute atomic E-state index is 0.0496. The van der Waals surface area contributed by atoms with E-state index < -0.39 is 5.82 Å². The molecule has 3 heterocycles. The van der Waals surface area contributed by atoms with Crippen LogP contribution in [0.5, 0.6) is 0 Å². The Morgan fingerprint density at radius 2 is 1.91 bits per heavy atom. The number of aromatic nitrogens is 2. The molecule has 2 saturated heterocycles. The number of carbonyl (C=O) groups is 1. The van der Waals surface area contributed by atoms with E-state index in [-0.39, 0.29) is 23.2 Å². The smallest absolute Gasteiger partial charge is 0.274 e. The second-order valence-electron chi connectivity index (χ2n) is 9.12. The number of nitrogens with two attached hydrogens (primary N) is 1. The molecule has 0 unspecified atom stereocenters. The third-order valence-corrected chi connectivity index (χ3v) is 6.99. The molecule has 0 bridgehead atoms. The van der Waals surface area contributed by atoms with Gasteiger partial charge in [0.15, 0.2) is 5.69 Å². The molecule has 0 aliphatic carbocycles. The Bertz CT molecular complexity index is 1310. The van der Waals surface area contributed by atoms with Crippen LogP contribution < -0.4 is 10.6 Å². The second-order valence-corrected chi connectivity index (χ2v) is 9.52. The summed E-state index contributed by atoms with van der Waals surface area (Å²) in [5.74, 6) is -0.859. The fraction of sp³-hybridized carbons (Fsp3) is 0.346. The van der Waals surface area contributed by atoms with Crippen molar-refractivity contribution in [2.75, 3.05) is 31.1 Å². The molecule has 1 aromatic heterocycles. The predicted octanol–water partition coefficient (Wildman–Crippen LogP) is 4.37. The average Bonchev–Trinajstić information content (AvgIpc) is 3.54. The van der Waals surface area contributed by atoms with Gasteiger partial charge in [-0.05, 0) is 62.1 Å². The van der Waals surface area contributed by atoms with E-state index >= 15 is 0 Å². The van der Waals surface area contributed by atoms with Crippen molar-refractivity contribution in [2.45, 2.75) is 31.7 Å². The van der Waals surface area contributed by atoms with E-state index in [2.05, 4.69) is 10.00 Å². The highest BCUT2D eigenvalue weighted by Crippen LogP contribution is 2.33. The highest BCUT2D eigenvalue weighted by Gasteiger charge is 2.26. The van der Waals surface area contributed by atoms with Crippen LogP contribution in [0.1, 0.15) is 41.7 Å². The number of hydrogen-bond donors (Lipinski definition) is 1. The van der Waals surface area contributed by atoms with Crippen molar-refractivity contribution in [1.29, 1.82) is 5.26 Å². The molecule has 2 aromatic carbocycles. The minimum Gasteiger partial charge on any atom is -0.371 e. The Morgan fingerprint density at radius 3 is 2.60 bits per heavy atom. The molecule has 0 saturated carbocycles. The Kier molecular flexibility index (Phi) is 6.46. The van der Waals surface area contributed by atoms with Gasteiger partial charge in [-0.15, -0.1) is 0 Å². The van der Waals surface area contributed by atoms with Gasteiger partial charge in [-0.25, -0.2) is 9.07 Å². The van der Waals surface area contributed by atoms with Crippen LogP contribution in [0, 0.1) is 17.1 Å². The summed E-state index contributed by atoms with van der Waals surface area (Å²) < 4.78 is 16.1. The zero-order valence-corrected chi connectivity index (χ0v) is 20.0. The molecule has 5 rings (SSSR count). The standard InChI is InChI=1S/C26H26ClFN6O/c27-21-13-20(32-9-1-2-10-32)7-8-24(21)34-25(17-5-6-18(15-29)22(28)12-17)14-23(31-34)26(35)33-11-3-4-19(30)16-33/h5-8,12-14,19H,1-4,9-11,16,30H2/t19-/m1/s1. The van der Waals surface area contributed by atoms with Crippen LogP contribution in [0.25, 0.3) is 16.9 Å². The summed E-state index contributed by atoms with van der Waals surface area (Å²) in [6.45, 7) is 3.07. The van der Waals surface area contributed by atoms with E-state index in [0.717, 1.165) is 44.5 Å². The highest BCUT2D eigenvalue weighted by atomic mass is 35.5. The summed E-state index contributed by atoms with van der Waals surface area (Å²) in [4.78, 5) is 17.3. The lowest BCUT2D eigenvalue weighted by Crippen LogP contribution is -2.45. The number of amides is 1. The van der Waals surface area contributed by atoms with Gasteiger partial charge in [0.1, 0.15) is 11.9 Å². The number of piperidine rings is 1. The number of likely N-dealkylation sites (tertiary alicyclic amines) is 1. The second kappa shape index (κ2) is 9.68. The first kappa shape index (κ1) is 23.3. The molecular weight excluding hydrogens is 467 g/mol. The summed E-state index contributed by atoms with van der Waals surface area (Å²) in [5, 5.41) is 14.2. The van der Waals surface area contributed by atoms with Crippen molar-refractivity contribution in [3.63, 3.8) is 0 Å². The van der Waals surface area contributed by atoms with Crippen LogP contribution in [0.4, 0.5) is 10.1 Å². The lowest BCUT2D eigenvalue weighted by Gasteiger charge is -2.30. The molecule has 2 fully saturated rings. The van der Waals surface area contributed by atoms with E-state index in [9.17, 15) is 9.18 Å². The predicted molar refractivity (Wildman–Crippen MR) is 133 cm³/mol. The van der Waals surface area contributed by atoms with Gasteiger partial charge in [-0.3, -0.25) is 4.79 Å². The van der Waals surface area contributed by atoms with Crippen LogP contribution in [0.2, 0.25) is 5.02 Å². The van der Waals surface area contributed by atoms with Crippen LogP contribution in [0.15, 0.2) is 42.5 Å². The quantitative estimate of drug-likeness (QED) is 0.584. The molecule has 2 aliphatic heterocycles. The topological polar surface area (TPSA) is 91.2 Å². The molecule has 7 nitrogen and oxygen atoms in total. The van der Waals surface area contributed by atoms with E-state index in [1.807, 2.05) is 24.3 Å². The molecule has 0 spiro atoms. The number of nitrogens with zero attached hydrogens (tertiary/aromatic N) is 5. The van der Waals surface area contributed by atoms with E-state index in [4.69, 9.17) is 22.6 Å². The van der Waals surface area contributed by atoms with Crippen molar-refractivity contribution in [3.8, 4) is 23.0 Å². The molecule has 3 aromatic rings. The number of rotatable bonds is 4. The first-order valence-electron chi connectivity index (χ1n) is 11.8. The summed E-state index contributed by atoms with van der Waals surface area (Å²) in [5.41, 5.74) is 8.88. The third kappa shape index (κ3) is 4.62. The lowest BCUT2D eigenvalue weighted by molar-refractivity contribution is 0.0702. The van der Waals surface area contributed by atoms with Gasteiger partial charge in [0.2, 0.25) is 0 Å². The first-order valence-corrected chi connectivity index (χ1v) is 12.2. The number of nitriles is 1. The number of carbonyl (C=O) groups excluding carboxylic acids is 1. The Balaban J connectivity index is 1.58. The molecule has 0 radical (unpaired) electrons. The Hall–Kier alpha value is -3.41. The normalized spacial score (nSPS) is 18.1. The molecule has 1 amide bonds.